The second-order valence-corrected chi connectivity index (χ2v) is 6.27. The lowest BCUT2D eigenvalue weighted by Gasteiger charge is -2.20. The molecule has 2 aromatic rings. The van der Waals surface area contributed by atoms with Crippen LogP contribution in [0, 0.1) is 6.92 Å². The Morgan fingerprint density at radius 1 is 1.38 bits per heavy atom. The average molecular weight is 367 g/mol. The van der Waals surface area contributed by atoms with E-state index >= 15 is 0 Å². The van der Waals surface area contributed by atoms with Gasteiger partial charge in [-0.25, -0.2) is 9.10 Å². The molecule has 3 N–H and O–H groups in total. The van der Waals surface area contributed by atoms with Crippen LogP contribution in [0.25, 0.3) is 0 Å². The van der Waals surface area contributed by atoms with Crippen molar-refractivity contribution in [3.8, 4) is 5.75 Å². The molecule has 0 heterocycles. The first-order valence-corrected chi connectivity index (χ1v) is 8.11. The van der Waals surface area contributed by atoms with Crippen LogP contribution in [-0.2, 0) is 6.54 Å². The maximum Gasteiger partial charge on any atom is 0.332 e. The Bertz CT molecular complexity index is 753. The van der Waals surface area contributed by atoms with E-state index in [9.17, 15) is 15.0 Å². The Balaban J connectivity index is 2.18. The van der Waals surface area contributed by atoms with Crippen molar-refractivity contribution in [2.24, 2.45) is 0 Å². The maximum atomic E-state index is 12.3. The summed E-state index contributed by atoms with van der Waals surface area (Å²) in [6.07, 6.45) is -0.931. The third-order valence-corrected chi connectivity index (χ3v) is 4.26. The highest BCUT2D eigenvalue weighted by Crippen LogP contribution is 2.38. The maximum absolute atomic E-state index is 12.3. The topological polar surface area (TPSA) is 72.8 Å². The lowest BCUT2D eigenvalue weighted by Crippen LogP contribution is -2.33. The van der Waals surface area contributed by atoms with Gasteiger partial charge in [-0.1, -0.05) is 48.7 Å². The van der Waals surface area contributed by atoms with Gasteiger partial charge < -0.3 is 15.5 Å². The Labute approximate surface area is 151 Å². The second-order valence-electron chi connectivity index (χ2n) is 5.44. The van der Waals surface area contributed by atoms with Crippen molar-refractivity contribution in [2.45, 2.75) is 26.5 Å². The molecule has 0 aliphatic rings. The van der Waals surface area contributed by atoms with E-state index in [4.69, 9.17) is 11.6 Å². The number of thiol groups is 1. The molecule has 1 unspecified atom stereocenters. The summed E-state index contributed by atoms with van der Waals surface area (Å²) >= 11 is 10.1. The molecular weight excluding hydrogens is 348 g/mol. The molecule has 0 saturated carbocycles. The molecule has 0 fully saturated rings. The van der Waals surface area contributed by atoms with Crippen molar-refractivity contribution in [3.05, 3.63) is 58.1 Å². The molecule has 1 atom stereocenters. The highest BCUT2D eigenvalue weighted by Gasteiger charge is 2.20. The van der Waals surface area contributed by atoms with E-state index in [2.05, 4.69) is 18.1 Å². The third kappa shape index (κ3) is 4.14. The Kier molecular flexibility index (Phi) is 5.99. The van der Waals surface area contributed by atoms with E-state index in [0.717, 1.165) is 15.4 Å². The first kappa shape index (κ1) is 18.4. The van der Waals surface area contributed by atoms with Crippen molar-refractivity contribution in [1.29, 1.82) is 0 Å². The average Bonchev–Trinajstić information content (AvgIpc) is 2.54. The van der Waals surface area contributed by atoms with Crippen LogP contribution in [0.1, 0.15) is 29.7 Å². The van der Waals surface area contributed by atoms with Crippen molar-refractivity contribution in [3.63, 3.8) is 0 Å². The quantitative estimate of drug-likeness (QED) is 0.619. The van der Waals surface area contributed by atoms with Gasteiger partial charge in [0.2, 0.25) is 0 Å². The fourth-order valence-corrected chi connectivity index (χ4v) is 2.69. The lowest BCUT2D eigenvalue weighted by atomic mass is 10.1. The van der Waals surface area contributed by atoms with Gasteiger partial charge in [-0.3, -0.25) is 0 Å². The van der Waals surface area contributed by atoms with E-state index in [1.54, 1.807) is 0 Å². The number of aliphatic hydroxyl groups is 1. The molecule has 7 heteroatoms. The number of rotatable bonds is 4. The van der Waals surface area contributed by atoms with Crippen LogP contribution in [0.4, 0.5) is 10.5 Å². The zero-order valence-corrected chi connectivity index (χ0v) is 15.0. The lowest BCUT2D eigenvalue weighted by molar-refractivity contribution is 0.195. The molecule has 0 radical (unpaired) electrons. The number of nitrogens with zero attached hydrogens (tertiary/aromatic N) is 1. The van der Waals surface area contributed by atoms with Gasteiger partial charge in [0.15, 0.2) is 0 Å². The molecule has 24 heavy (non-hydrogen) atoms. The summed E-state index contributed by atoms with van der Waals surface area (Å²) in [6, 6.07) is 10.0. The summed E-state index contributed by atoms with van der Waals surface area (Å²) in [7, 11) is 0. The van der Waals surface area contributed by atoms with Gasteiger partial charge in [0.1, 0.15) is 11.4 Å². The number of aliphatic hydroxyl groups excluding tert-OH is 1. The van der Waals surface area contributed by atoms with Gasteiger partial charge in [-0.2, -0.15) is 0 Å². The largest absolute Gasteiger partial charge is 0.505 e. The minimum atomic E-state index is -0.931. The smallest absolute Gasteiger partial charge is 0.332 e. The number of phenols is 1. The van der Waals surface area contributed by atoms with E-state index < -0.39 is 12.1 Å². The number of aromatic hydroxyl groups is 1. The van der Waals surface area contributed by atoms with Crippen LogP contribution in [0.5, 0.6) is 5.75 Å². The van der Waals surface area contributed by atoms with Crippen molar-refractivity contribution < 1.29 is 15.0 Å². The Morgan fingerprint density at radius 2 is 2.04 bits per heavy atom. The van der Waals surface area contributed by atoms with Crippen LogP contribution >= 0.6 is 24.4 Å². The van der Waals surface area contributed by atoms with E-state index in [1.165, 1.54) is 19.1 Å². The highest BCUT2D eigenvalue weighted by molar-refractivity contribution is 7.82. The number of carbonyl (C=O) groups excluding carboxylic acids is 1. The molecule has 0 saturated heterocycles. The van der Waals surface area contributed by atoms with Crippen LogP contribution in [-0.4, -0.2) is 16.2 Å². The van der Waals surface area contributed by atoms with Crippen molar-refractivity contribution in [1.82, 2.24) is 5.32 Å². The highest BCUT2D eigenvalue weighted by atomic mass is 35.5. The SMILES string of the molecule is Cc1ccccc1CNC(=O)N(S)c1cc(Cl)cc(C(C)O)c1O. The monoisotopic (exact) mass is 366 g/mol. The molecule has 5 nitrogen and oxygen atoms in total. The summed E-state index contributed by atoms with van der Waals surface area (Å²) in [4.78, 5) is 12.3. The van der Waals surface area contributed by atoms with Gasteiger partial charge in [0.05, 0.1) is 6.10 Å². The van der Waals surface area contributed by atoms with Crippen LogP contribution in [0.2, 0.25) is 5.02 Å². The summed E-state index contributed by atoms with van der Waals surface area (Å²) < 4.78 is 0.964. The minimum absolute atomic E-state index is 0.101. The number of anilines is 1. The number of benzene rings is 2. The number of carbonyl (C=O) groups is 1. The van der Waals surface area contributed by atoms with Gasteiger partial charge in [-0.05, 0) is 37.1 Å². The molecule has 0 aliphatic carbocycles. The number of phenolic OH excluding ortho intramolecular Hbond substituents is 1. The van der Waals surface area contributed by atoms with Crippen LogP contribution in [0.15, 0.2) is 36.4 Å². The fraction of sp³-hybridized carbons (Fsp3) is 0.235. The number of nitrogens with one attached hydrogen (secondary N) is 1. The summed E-state index contributed by atoms with van der Waals surface area (Å²) in [5.41, 5.74) is 2.37. The molecular formula is C17H19ClN2O3S. The zero-order chi connectivity index (χ0) is 17.9. The van der Waals surface area contributed by atoms with Gasteiger partial charge in [0, 0.05) is 17.1 Å². The molecule has 0 aromatic heterocycles. The van der Waals surface area contributed by atoms with Crippen molar-refractivity contribution in [2.75, 3.05) is 4.31 Å². The molecule has 128 valence electrons. The van der Waals surface area contributed by atoms with E-state index in [-0.39, 0.29) is 22.0 Å². The zero-order valence-electron chi connectivity index (χ0n) is 13.3. The molecule has 2 rings (SSSR count). The second kappa shape index (κ2) is 7.79. The molecule has 2 amide bonds. The van der Waals surface area contributed by atoms with E-state index in [1.807, 2.05) is 31.2 Å². The number of amides is 2. The van der Waals surface area contributed by atoms with Crippen molar-refractivity contribution >= 4 is 36.1 Å². The van der Waals surface area contributed by atoms with Crippen LogP contribution < -0.4 is 9.62 Å². The number of halogens is 1. The van der Waals surface area contributed by atoms with Gasteiger partial charge >= 0.3 is 6.03 Å². The number of aryl methyl sites for hydroxylation is 1. The predicted octanol–water partition coefficient (Wildman–Crippen LogP) is 3.97. The number of urea groups is 1. The molecule has 0 aliphatic heterocycles. The molecule has 2 aromatic carbocycles. The molecule has 0 bridgehead atoms. The first-order chi connectivity index (χ1) is 11.3. The fourth-order valence-electron chi connectivity index (χ4n) is 2.25. The number of hydrogen-bond acceptors (Lipinski definition) is 4. The summed E-state index contributed by atoms with van der Waals surface area (Å²) in [6.45, 7) is 3.78. The van der Waals surface area contributed by atoms with Crippen LogP contribution in [0.3, 0.4) is 0 Å². The standard InChI is InChI=1S/C17H19ClN2O3S/c1-10-5-3-4-6-12(10)9-19-17(23)20(24)15-8-13(18)7-14(11(2)21)16(15)22/h3-8,11,21-22,24H,9H2,1-2H3,(H,19,23). The Hall–Kier alpha value is -1.89. The van der Waals surface area contributed by atoms with E-state index in [0.29, 0.717) is 6.54 Å². The molecule has 0 spiro atoms. The normalized spacial score (nSPS) is 11.9. The first-order valence-electron chi connectivity index (χ1n) is 7.33. The summed E-state index contributed by atoms with van der Waals surface area (Å²) in [5, 5.41) is 22.9. The minimum Gasteiger partial charge on any atom is -0.505 e. The third-order valence-electron chi connectivity index (χ3n) is 3.65. The Morgan fingerprint density at radius 3 is 2.67 bits per heavy atom. The van der Waals surface area contributed by atoms with Gasteiger partial charge in [-0.15, -0.1) is 0 Å². The number of hydrogen-bond donors (Lipinski definition) is 4. The summed E-state index contributed by atoms with van der Waals surface area (Å²) in [5.74, 6) is -0.240. The predicted molar refractivity (Wildman–Crippen MR) is 98.6 cm³/mol. The van der Waals surface area contributed by atoms with Gasteiger partial charge in [0.25, 0.3) is 0 Å².